The van der Waals surface area contributed by atoms with Gasteiger partial charge >= 0.3 is 11.9 Å². The van der Waals surface area contributed by atoms with Crippen molar-refractivity contribution in [2.75, 3.05) is 0 Å². The molecule has 9 heteroatoms. The molecule has 0 aromatic rings. The Hall–Kier alpha value is -1.19. The molecule has 1 unspecified atom stereocenters. The highest BCUT2D eigenvalue weighted by atomic mass is 32.2. The van der Waals surface area contributed by atoms with Crippen LogP contribution in [0.3, 0.4) is 0 Å². The number of hydrogen-bond acceptors (Lipinski definition) is 5. The zero-order valence-electron chi connectivity index (χ0n) is 6.99. The highest BCUT2D eigenvalue weighted by molar-refractivity contribution is 7.66. The first-order valence-corrected chi connectivity index (χ1v) is 4.43. The van der Waals surface area contributed by atoms with Gasteiger partial charge in [0, 0.05) is 6.42 Å². The Morgan fingerprint density at radius 2 is 1.64 bits per heavy atom. The molecule has 0 aromatic carbocycles. The van der Waals surface area contributed by atoms with Crippen LogP contribution in [0.1, 0.15) is 12.8 Å². The normalized spacial score (nSPS) is 11.4. The third-order valence-corrected chi connectivity index (χ3v) is 0.986. The lowest BCUT2D eigenvalue weighted by atomic mass is 10.2. The summed E-state index contributed by atoms with van der Waals surface area (Å²) in [4.78, 5) is 19.9. The molecule has 8 nitrogen and oxygen atoms in total. The second kappa shape index (κ2) is 8.41. The highest BCUT2D eigenvalue weighted by Crippen LogP contribution is 1.93. The number of thiol groups is 1. The number of nitrogens with two attached hydrogens (primary N) is 1. The van der Waals surface area contributed by atoms with E-state index in [4.69, 9.17) is 28.9 Å². The Morgan fingerprint density at radius 1 is 1.29 bits per heavy atom. The monoisotopic (exact) mass is 229 g/mol. The highest BCUT2D eigenvalue weighted by Gasteiger charge is 2.12. The molecule has 0 aliphatic heterocycles. The minimum absolute atomic E-state index is 0.0231. The molecule has 0 saturated heterocycles. The van der Waals surface area contributed by atoms with Gasteiger partial charge in [-0.1, -0.05) is 0 Å². The summed E-state index contributed by atoms with van der Waals surface area (Å²) in [6.07, 6.45) is -0.224. The van der Waals surface area contributed by atoms with Gasteiger partial charge < -0.3 is 15.9 Å². The Bertz CT molecular complexity index is 253. The molecule has 0 spiro atoms. The van der Waals surface area contributed by atoms with Crippen LogP contribution in [-0.4, -0.2) is 41.2 Å². The van der Waals surface area contributed by atoms with E-state index in [1.165, 1.54) is 0 Å². The van der Waals surface area contributed by atoms with Gasteiger partial charge in [0.25, 0.3) is 11.0 Å². The molecule has 14 heavy (non-hydrogen) atoms. The van der Waals surface area contributed by atoms with E-state index in [-0.39, 0.29) is 12.8 Å². The molecule has 0 aliphatic carbocycles. The maximum absolute atomic E-state index is 9.99. The lowest BCUT2D eigenvalue weighted by molar-refractivity contribution is -0.139. The van der Waals surface area contributed by atoms with Crippen molar-refractivity contribution in [2.24, 2.45) is 5.73 Å². The number of carboxylic acids is 2. The molecular formula is C5H11NO7S. The van der Waals surface area contributed by atoms with Crippen LogP contribution < -0.4 is 5.73 Å². The fourth-order valence-corrected chi connectivity index (χ4v) is 0.402. The van der Waals surface area contributed by atoms with Crippen molar-refractivity contribution in [2.45, 2.75) is 18.9 Å². The predicted molar refractivity (Wildman–Crippen MR) is 45.4 cm³/mol. The number of carbonyl (C=O) groups is 2. The van der Waals surface area contributed by atoms with Crippen molar-refractivity contribution < 1.29 is 32.8 Å². The second-order valence-electron chi connectivity index (χ2n) is 2.11. The Morgan fingerprint density at radius 3 is 1.86 bits per heavy atom. The van der Waals surface area contributed by atoms with Gasteiger partial charge in [-0.25, -0.2) is 8.42 Å². The summed E-state index contributed by atoms with van der Waals surface area (Å²) in [5, 5.41) is 16.3. The van der Waals surface area contributed by atoms with E-state index in [1.54, 1.807) is 0 Å². The van der Waals surface area contributed by atoms with Crippen LogP contribution in [0.25, 0.3) is 0 Å². The first kappa shape index (κ1) is 15.3. The molecule has 5 N–H and O–H groups in total. The Labute approximate surface area is 81.1 Å². The predicted octanol–water partition coefficient (Wildman–Crippen LogP) is -1.67. The van der Waals surface area contributed by atoms with Crippen molar-refractivity contribution in [3.05, 3.63) is 0 Å². The summed E-state index contributed by atoms with van der Waals surface area (Å²) in [6.45, 7) is 0. The molecule has 84 valence electrons. The minimum Gasteiger partial charge on any atom is -0.481 e. The van der Waals surface area contributed by atoms with Gasteiger partial charge in [0.05, 0.1) is 0 Å². The zero-order valence-corrected chi connectivity index (χ0v) is 7.89. The fraction of sp³-hybridized carbons (Fsp3) is 0.600. The van der Waals surface area contributed by atoms with Gasteiger partial charge in [-0.05, 0) is 6.42 Å². The molecule has 0 heterocycles. The number of rotatable bonds is 4. The molecule has 0 aliphatic rings. The van der Waals surface area contributed by atoms with E-state index in [2.05, 4.69) is 0 Å². The summed E-state index contributed by atoms with van der Waals surface area (Å²) in [5.74, 6) is -2.20. The lowest BCUT2D eigenvalue weighted by Crippen LogP contribution is -2.30. The topological polar surface area (TPSA) is 155 Å². The Balaban J connectivity index is 0. The van der Waals surface area contributed by atoms with Gasteiger partial charge in [-0.2, -0.15) is 0 Å². The summed E-state index contributed by atoms with van der Waals surface area (Å²) in [5.41, 5.74) is 5.00. The molecule has 0 amide bonds. The van der Waals surface area contributed by atoms with Crippen LogP contribution in [0.4, 0.5) is 0 Å². The van der Waals surface area contributed by atoms with Crippen molar-refractivity contribution in [3.8, 4) is 0 Å². The van der Waals surface area contributed by atoms with E-state index >= 15 is 0 Å². The van der Waals surface area contributed by atoms with E-state index < -0.39 is 29.0 Å². The van der Waals surface area contributed by atoms with E-state index in [9.17, 15) is 9.59 Å². The van der Waals surface area contributed by atoms with Crippen LogP contribution in [0, 0.1) is 0 Å². The lowest BCUT2D eigenvalue weighted by Gasteiger charge is -2.01. The quantitative estimate of drug-likeness (QED) is 0.283. The second-order valence-corrected chi connectivity index (χ2v) is 2.59. The van der Waals surface area contributed by atoms with Crippen LogP contribution in [0.5, 0.6) is 0 Å². The molecule has 0 saturated carbocycles. The average Bonchev–Trinajstić information content (AvgIpc) is 1.98. The summed E-state index contributed by atoms with van der Waals surface area (Å²) >= 11 is 0. The standard InChI is InChI=1S/C5H9NO4.H2O3S/c6-3(5(9)10)1-2-4(7)8;1-4(2)3/h3H,1-2,6H2,(H,7,8)(H,9,10);4H,(H,1,2,3). The van der Waals surface area contributed by atoms with Crippen LogP contribution >= 0.6 is 0 Å². The largest absolute Gasteiger partial charge is 0.481 e. The van der Waals surface area contributed by atoms with Crippen molar-refractivity contribution in [1.82, 2.24) is 0 Å². The van der Waals surface area contributed by atoms with Gasteiger partial charge in [0.15, 0.2) is 0 Å². The molecular weight excluding hydrogens is 218 g/mol. The van der Waals surface area contributed by atoms with Gasteiger partial charge in [0.1, 0.15) is 6.04 Å². The van der Waals surface area contributed by atoms with Crippen LogP contribution in [0.15, 0.2) is 0 Å². The van der Waals surface area contributed by atoms with Crippen LogP contribution in [-0.2, 0) is 20.6 Å². The van der Waals surface area contributed by atoms with E-state index in [1.807, 2.05) is 0 Å². The summed E-state index contributed by atoms with van der Waals surface area (Å²) < 4.78 is 24.2. The maximum Gasteiger partial charge on any atom is 0.320 e. The maximum atomic E-state index is 9.99. The molecule has 0 radical (unpaired) electrons. The molecule has 1 atom stereocenters. The van der Waals surface area contributed by atoms with E-state index in [0.29, 0.717) is 0 Å². The Kier molecular flexibility index (Phi) is 9.18. The van der Waals surface area contributed by atoms with Crippen molar-refractivity contribution >= 4 is 22.9 Å². The fourth-order valence-electron chi connectivity index (χ4n) is 0.402. The van der Waals surface area contributed by atoms with Crippen molar-refractivity contribution in [1.29, 1.82) is 0 Å². The smallest absolute Gasteiger partial charge is 0.320 e. The third-order valence-electron chi connectivity index (χ3n) is 0.986. The van der Waals surface area contributed by atoms with Crippen molar-refractivity contribution in [3.63, 3.8) is 0 Å². The molecule has 0 aromatic heterocycles. The first-order valence-electron chi connectivity index (χ1n) is 3.30. The van der Waals surface area contributed by atoms with Gasteiger partial charge in [-0.15, -0.1) is 0 Å². The number of aliphatic carboxylic acids is 2. The zero-order chi connectivity index (χ0) is 11.7. The number of carboxylic acid groups (broad SMARTS) is 2. The molecule has 0 fully saturated rings. The van der Waals surface area contributed by atoms with Crippen LogP contribution in [0.2, 0.25) is 0 Å². The summed E-state index contributed by atoms with van der Waals surface area (Å²) in [6, 6.07) is -1.06. The number of hydrogen-bond donors (Lipinski definition) is 5. The molecule has 0 bridgehead atoms. The average molecular weight is 229 g/mol. The first-order chi connectivity index (χ1) is 6.27. The van der Waals surface area contributed by atoms with E-state index in [0.717, 1.165) is 0 Å². The van der Waals surface area contributed by atoms with Gasteiger partial charge in [0.2, 0.25) is 0 Å². The SMILES string of the molecule is NC(CCC(=O)O)C(=O)O.O=[SH](=O)O. The minimum atomic E-state index is -3.12. The third kappa shape index (κ3) is 17.1. The molecule has 0 rings (SSSR count). The van der Waals surface area contributed by atoms with Gasteiger partial charge in [-0.3, -0.25) is 14.1 Å². The summed E-state index contributed by atoms with van der Waals surface area (Å²) in [7, 11) is -3.12.